The van der Waals surface area contributed by atoms with Crippen LogP contribution in [0.25, 0.3) is 11.3 Å². The van der Waals surface area contributed by atoms with Crippen molar-refractivity contribution in [1.29, 1.82) is 0 Å². The van der Waals surface area contributed by atoms with Gasteiger partial charge in [-0.3, -0.25) is 0 Å². The van der Waals surface area contributed by atoms with Crippen LogP contribution in [0, 0.1) is 0 Å². The van der Waals surface area contributed by atoms with Crippen LogP contribution in [0.4, 0.5) is 10.5 Å². The van der Waals surface area contributed by atoms with Gasteiger partial charge in [0.1, 0.15) is 0 Å². The molecule has 0 fully saturated rings. The van der Waals surface area contributed by atoms with Gasteiger partial charge >= 0.3 is 6.03 Å². The van der Waals surface area contributed by atoms with Crippen molar-refractivity contribution in [2.24, 2.45) is 5.10 Å². The van der Waals surface area contributed by atoms with E-state index in [4.69, 9.17) is 0 Å². The van der Waals surface area contributed by atoms with Crippen molar-refractivity contribution in [2.45, 2.75) is 6.54 Å². The monoisotopic (exact) mass is 430 g/mol. The van der Waals surface area contributed by atoms with Crippen molar-refractivity contribution in [3.05, 3.63) is 83.5 Å². The molecule has 1 aromatic heterocycles. The lowest BCUT2D eigenvalue weighted by molar-refractivity contribution is 0.252. The number of hydrogen-bond acceptors (Lipinski definition) is 3. The number of nitrogens with zero attached hydrogens (tertiary/aromatic N) is 2. The number of anilines is 1. The number of allylic oxidation sites excluding steroid dienone is 1. The Morgan fingerprint density at radius 1 is 1.12 bits per heavy atom. The van der Waals surface area contributed by atoms with Crippen LogP contribution in [0.1, 0.15) is 0 Å². The SMILES string of the molecule is Br.C=CCn1c(-c2ccccc2)cs/c1=N/NC(=O)Nc1ccccc1. The molecule has 2 N–H and O–H groups in total. The summed E-state index contributed by atoms with van der Waals surface area (Å²) >= 11 is 1.47. The van der Waals surface area contributed by atoms with Gasteiger partial charge in [-0.05, 0) is 17.7 Å². The summed E-state index contributed by atoms with van der Waals surface area (Å²) in [4.78, 5) is 12.7. The molecule has 0 bridgehead atoms. The molecule has 0 aliphatic heterocycles. The number of halogens is 1. The van der Waals surface area contributed by atoms with Crippen LogP contribution in [0.15, 0.2) is 83.8 Å². The Bertz CT molecular complexity index is 919. The van der Waals surface area contributed by atoms with Crippen LogP contribution >= 0.6 is 28.3 Å². The zero-order valence-electron chi connectivity index (χ0n) is 14.0. The second-order valence-electron chi connectivity index (χ2n) is 5.21. The first-order valence-corrected chi connectivity index (χ1v) is 8.66. The van der Waals surface area contributed by atoms with Gasteiger partial charge in [0.05, 0.1) is 5.69 Å². The summed E-state index contributed by atoms with van der Waals surface area (Å²) in [6, 6.07) is 18.9. The van der Waals surface area contributed by atoms with Crippen LogP contribution in [-0.4, -0.2) is 10.6 Å². The summed E-state index contributed by atoms with van der Waals surface area (Å²) in [6.45, 7) is 4.41. The number of nitrogens with one attached hydrogen (secondary N) is 2. The van der Waals surface area contributed by atoms with E-state index in [9.17, 15) is 4.79 Å². The minimum absolute atomic E-state index is 0. The second kappa shape index (κ2) is 9.74. The van der Waals surface area contributed by atoms with E-state index in [0.717, 1.165) is 11.3 Å². The highest BCUT2D eigenvalue weighted by molar-refractivity contribution is 8.93. The number of amides is 2. The molecule has 7 heteroatoms. The van der Waals surface area contributed by atoms with Gasteiger partial charge in [0.2, 0.25) is 4.80 Å². The topological polar surface area (TPSA) is 58.4 Å². The van der Waals surface area contributed by atoms with Gasteiger partial charge in [-0.25, -0.2) is 10.2 Å². The molecule has 0 unspecified atom stereocenters. The van der Waals surface area contributed by atoms with Gasteiger partial charge in [0, 0.05) is 17.6 Å². The zero-order valence-corrected chi connectivity index (χ0v) is 16.5. The highest BCUT2D eigenvalue weighted by Gasteiger charge is 2.07. The highest BCUT2D eigenvalue weighted by Crippen LogP contribution is 2.19. The average molecular weight is 431 g/mol. The van der Waals surface area contributed by atoms with E-state index < -0.39 is 0 Å². The Hall–Kier alpha value is -2.64. The summed E-state index contributed by atoms with van der Waals surface area (Å²) in [5, 5.41) is 8.99. The molecule has 0 saturated carbocycles. The third-order valence-corrected chi connectivity index (χ3v) is 4.33. The quantitative estimate of drug-likeness (QED) is 0.450. The molecule has 0 radical (unpaired) electrons. The number of thiazole rings is 1. The molecule has 3 rings (SSSR count). The number of hydrogen-bond donors (Lipinski definition) is 2. The van der Waals surface area contributed by atoms with Crippen molar-refractivity contribution in [2.75, 3.05) is 5.32 Å². The number of benzene rings is 2. The number of carbonyl (C=O) groups is 1. The number of carbonyl (C=O) groups excluding carboxylic acids is 1. The molecule has 0 spiro atoms. The Kier molecular flexibility index (Phi) is 7.37. The molecule has 134 valence electrons. The zero-order chi connectivity index (χ0) is 17.5. The van der Waals surface area contributed by atoms with E-state index in [1.165, 1.54) is 11.3 Å². The first-order valence-electron chi connectivity index (χ1n) is 7.78. The van der Waals surface area contributed by atoms with Gasteiger partial charge in [-0.15, -0.1) is 40.0 Å². The standard InChI is InChI=1S/C19H18N4OS.BrH/c1-2-13-23-17(15-9-5-3-6-10-15)14-25-19(23)22-21-18(24)20-16-11-7-4-8-12-16;/h2-12,14H,1,13H2,(H2,20,21,24);1H/b22-19+;. The number of urea groups is 1. The van der Waals surface area contributed by atoms with Gasteiger partial charge in [0.15, 0.2) is 0 Å². The Labute approximate surface area is 166 Å². The van der Waals surface area contributed by atoms with E-state index in [2.05, 4.69) is 22.4 Å². The maximum atomic E-state index is 12.0. The lowest BCUT2D eigenvalue weighted by atomic mass is 10.2. The molecular formula is C19H19BrN4OS. The van der Waals surface area contributed by atoms with Crippen LogP contribution in [-0.2, 0) is 6.54 Å². The molecule has 2 amide bonds. The average Bonchev–Trinajstić information content (AvgIpc) is 3.05. The molecule has 0 aliphatic carbocycles. The maximum Gasteiger partial charge on any atom is 0.339 e. The fourth-order valence-electron chi connectivity index (χ4n) is 2.34. The molecule has 2 aromatic carbocycles. The first kappa shape index (κ1) is 19.7. The summed E-state index contributed by atoms with van der Waals surface area (Å²) < 4.78 is 2.01. The number of rotatable bonds is 5. The van der Waals surface area contributed by atoms with Crippen LogP contribution in [0.5, 0.6) is 0 Å². The summed E-state index contributed by atoms with van der Waals surface area (Å²) in [5.41, 5.74) is 5.38. The predicted octanol–water partition coefficient (Wildman–Crippen LogP) is 4.62. The Morgan fingerprint density at radius 2 is 1.77 bits per heavy atom. The third kappa shape index (κ3) is 4.93. The van der Waals surface area contributed by atoms with Crippen molar-refractivity contribution in [3.63, 3.8) is 0 Å². The van der Waals surface area contributed by atoms with Crippen LogP contribution in [0.3, 0.4) is 0 Å². The molecule has 0 atom stereocenters. The van der Waals surface area contributed by atoms with E-state index in [1.54, 1.807) is 0 Å². The molecular weight excluding hydrogens is 412 g/mol. The summed E-state index contributed by atoms with van der Waals surface area (Å²) in [6.07, 6.45) is 1.81. The second-order valence-corrected chi connectivity index (χ2v) is 6.05. The first-order chi connectivity index (χ1) is 12.3. The third-order valence-electron chi connectivity index (χ3n) is 3.46. The van der Waals surface area contributed by atoms with Gasteiger partial charge in [0.25, 0.3) is 0 Å². The Balaban J connectivity index is 0.00000243. The van der Waals surface area contributed by atoms with Crippen LogP contribution in [0.2, 0.25) is 0 Å². The fourth-order valence-corrected chi connectivity index (χ4v) is 3.22. The minimum atomic E-state index is -0.383. The summed E-state index contributed by atoms with van der Waals surface area (Å²) in [7, 11) is 0. The van der Waals surface area contributed by atoms with E-state index in [-0.39, 0.29) is 23.0 Å². The lowest BCUT2D eigenvalue weighted by Crippen LogP contribution is -2.28. The van der Waals surface area contributed by atoms with Crippen molar-refractivity contribution in [3.8, 4) is 11.3 Å². The van der Waals surface area contributed by atoms with E-state index in [0.29, 0.717) is 17.0 Å². The van der Waals surface area contributed by atoms with Crippen molar-refractivity contribution in [1.82, 2.24) is 9.99 Å². The Morgan fingerprint density at radius 3 is 2.42 bits per heavy atom. The van der Waals surface area contributed by atoms with Crippen molar-refractivity contribution < 1.29 is 4.79 Å². The molecule has 5 nitrogen and oxygen atoms in total. The largest absolute Gasteiger partial charge is 0.339 e. The maximum absolute atomic E-state index is 12.0. The normalized spacial score (nSPS) is 10.7. The minimum Gasteiger partial charge on any atom is -0.311 e. The number of aromatic nitrogens is 1. The smallest absolute Gasteiger partial charge is 0.311 e. The lowest BCUT2D eigenvalue weighted by Gasteiger charge is -2.07. The fraction of sp³-hybridized carbons (Fsp3) is 0.0526. The van der Waals surface area contributed by atoms with Crippen LogP contribution < -0.4 is 15.5 Å². The number of para-hydroxylation sites is 1. The molecule has 1 heterocycles. The van der Waals surface area contributed by atoms with Gasteiger partial charge < -0.3 is 9.88 Å². The van der Waals surface area contributed by atoms with Crippen molar-refractivity contribution >= 4 is 40.0 Å². The predicted molar refractivity (Wildman–Crippen MR) is 112 cm³/mol. The van der Waals surface area contributed by atoms with E-state index in [1.807, 2.05) is 76.7 Å². The highest BCUT2D eigenvalue weighted by atomic mass is 79.9. The molecule has 26 heavy (non-hydrogen) atoms. The molecule has 0 aliphatic rings. The molecule has 0 saturated heterocycles. The van der Waals surface area contributed by atoms with E-state index >= 15 is 0 Å². The van der Waals surface area contributed by atoms with Gasteiger partial charge in [-0.2, -0.15) is 0 Å². The molecule has 3 aromatic rings. The van der Waals surface area contributed by atoms with Gasteiger partial charge in [-0.1, -0.05) is 54.6 Å². The summed E-state index contributed by atoms with van der Waals surface area (Å²) in [5.74, 6) is 0.